The number of aromatic amines is 1. The van der Waals surface area contributed by atoms with Gasteiger partial charge < -0.3 is 10.6 Å². The lowest BCUT2D eigenvalue weighted by atomic mass is 10.2. The van der Waals surface area contributed by atoms with Crippen LogP contribution in [0.1, 0.15) is 13.8 Å². The van der Waals surface area contributed by atoms with Crippen LogP contribution < -0.4 is 5.73 Å². The monoisotopic (exact) mass is 264 g/mol. The van der Waals surface area contributed by atoms with E-state index in [-0.39, 0.29) is 0 Å². The first-order valence-electron chi connectivity index (χ1n) is 6.32. The molecule has 2 rings (SSSR count). The van der Waals surface area contributed by atoms with Gasteiger partial charge in [0.1, 0.15) is 0 Å². The number of benzene rings is 1. The molecular weight excluding hydrogens is 244 g/mol. The molecule has 98 valence electrons. The highest BCUT2D eigenvalue weighted by molar-refractivity contribution is 7.99. The maximum absolute atomic E-state index is 6.05. The molecule has 18 heavy (non-hydrogen) atoms. The van der Waals surface area contributed by atoms with Gasteiger partial charge in [-0.25, -0.2) is 0 Å². The fourth-order valence-corrected chi connectivity index (χ4v) is 2.93. The number of H-pyrrole nitrogens is 1. The maximum atomic E-state index is 6.05. The van der Waals surface area contributed by atoms with Gasteiger partial charge in [0.25, 0.3) is 0 Å². The minimum absolute atomic E-state index is 0.841. The van der Waals surface area contributed by atoms with Crippen LogP contribution in [-0.2, 0) is 0 Å². The SMILES string of the molecule is CCN(CC)CCSc1cc2[nH]ncc2cc1N. The average molecular weight is 264 g/mol. The van der Waals surface area contributed by atoms with Crippen molar-refractivity contribution in [2.75, 3.05) is 31.1 Å². The number of thioether (sulfide) groups is 1. The van der Waals surface area contributed by atoms with E-state index in [2.05, 4.69) is 35.0 Å². The molecule has 0 aliphatic heterocycles. The number of nitrogens with one attached hydrogen (secondary N) is 1. The minimum Gasteiger partial charge on any atom is -0.398 e. The van der Waals surface area contributed by atoms with Crippen molar-refractivity contribution in [1.82, 2.24) is 15.1 Å². The van der Waals surface area contributed by atoms with Crippen molar-refractivity contribution >= 4 is 28.4 Å². The molecule has 2 aromatic rings. The summed E-state index contributed by atoms with van der Waals surface area (Å²) in [5.41, 5.74) is 7.94. The van der Waals surface area contributed by atoms with E-state index >= 15 is 0 Å². The number of fused-ring (bicyclic) bond motifs is 1. The van der Waals surface area contributed by atoms with Crippen LogP contribution in [0.2, 0.25) is 0 Å². The van der Waals surface area contributed by atoms with Crippen LogP contribution in [0.3, 0.4) is 0 Å². The summed E-state index contributed by atoms with van der Waals surface area (Å²) >= 11 is 1.81. The van der Waals surface area contributed by atoms with Gasteiger partial charge in [0, 0.05) is 28.3 Å². The van der Waals surface area contributed by atoms with Crippen LogP contribution in [0.15, 0.2) is 23.2 Å². The summed E-state index contributed by atoms with van der Waals surface area (Å²) in [6.07, 6.45) is 1.80. The highest BCUT2D eigenvalue weighted by atomic mass is 32.2. The Morgan fingerprint density at radius 3 is 2.83 bits per heavy atom. The number of aromatic nitrogens is 2. The molecule has 0 aliphatic carbocycles. The lowest BCUT2D eigenvalue weighted by Crippen LogP contribution is -2.25. The van der Waals surface area contributed by atoms with Crippen molar-refractivity contribution in [2.24, 2.45) is 0 Å². The molecular formula is C13H20N4S. The second kappa shape index (κ2) is 6.11. The molecule has 1 heterocycles. The summed E-state index contributed by atoms with van der Waals surface area (Å²) in [4.78, 5) is 3.55. The Bertz CT molecular complexity index is 505. The van der Waals surface area contributed by atoms with Crippen molar-refractivity contribution < 1.29 is 0 Å². The highest BCUT2D eigenvalue weighted by Crippen LogP contribution is 2.28. The molecule has 0 unspecified atom stereocenters. The molecule has 4 nitrogen and oxygen atoms in total. The van der Waals surface area contributed by atoms with Crippen LogP contribution >= 0.6 is 11.8 Å². The Balaban J connectivity index is 2.00. The smallest absolute Gasteiger partial charge is 0.0662 e. The first-order valence-corrected chi connectivity index (χ1v) is 7.31. The number of anilines is 1. The van der Waals surface area contributed by atoms with Crippen LogP contribution in [0.4, 0.5) is 5.69 Å². The third kappa shape index (κ3) is 2.97. The molecule has 0 aliphatic rings. The molecule has 5 heteroatoms. The third-order valence-electron chi connectivity index (χ3n) is 3.13. The van der Waals surface area contributed by atoms with Crippen LogP contribution in [0, 0.1) is 0 Å². The minimum atomic E-state index is 0.841. The Morgan fingerprint density at radius 1 is 1.33 bits per heavy atom. The first-order chi connectivity index (χ1) is 8.74. The van der Waals surface area contributed by atoms with Gasteiger partial charge in [-0.3, -0.25) is 5.10 Å². The van der Waals surface area contributed by atoms with Gasteiger partial charge in [0.05, 0.1) is 11.7 Å². The van der Waals surface area contributed by atoms with Gasteiger partial charge in [-0.2, -0.15) is 5.10 Å². The predicted octanol–water partition coefficient (Wildman–Crippen LogP) is 2.58. The summed E-state index contributed by atoms with van der Waals surface area (Å²) in [5.74, 6) is 1.06. The number of rotatable bonds is 6. The molecule has 0 spiro atoms. The normalized spacial score (nSPS) is 11.5. The van der Waals surface area contributed by atoms with E-state index in [1.807, 2.05) is 17.8 Å². The lowest BCUT2D eigenvalue weighted by Gasteiger charge is -2.17. The largest absolute Gasteiger partial charge is 0.398 e. The van der Waals surface area contributed by atoms with Crippen molar-refractivity contribution in [3.63, 3.8) is 0 Å². The van der Waals surface area contributed by atoms with Gasteiger partial charge in [-0.1, -0.05) is 13.8 Å². The van der Waals surface area contributed by atoms with Crippen LogP contribution in [0.5, 0.6) is 0 Å². The highest BCUT2D eigenvalue weighted by Gasteiger charge is 2.05. The van der Waals surface area contributed by atoms with E-state index in [0.717, 1.165) is 46.9 Å². The molecule has 0 bridgehead atoms. The fourth-order valence-electron chi connectivity index (χ4n) is 1.94. The Labute approximate surface area is 112 Å². The molecule has 0 saturated carbocycles. The zero-order valence-electron chi connectivity index (χ0n) is 10.9. The summed E-state index contributed by atoms with van der Waals surface area (Å²) < 4.78 is 0. The van der Waals surface area contributed by atoms with E-state index < -0.39 is 0 Å². The molecule has 0 fully saturated rings. The van der Waals surface area contributed by atoms with E-state index in [4.69, 9.17) is 5.73 Å². The maximum Gasteiger partial charge on any atom is 0.0662 e. The van der Waals surface area contributed by atoms with E-state index in [9.17, 15) is 0 Å². The average Bonchev–Trinajstić information content (AvgIpc) is 2.81. The number of nitrogens with two attached hydrogens (primary N) is 1. The quantitative estimate of drug-likeness (QED) is 0.622. The van der Waals surface area contributed by atoms with Crippen LogP contribution in [0.25, 0.3) is 10.9 Å². The van der Waals surface area contributed by atoms with Crippen molar-refractivity contribution in [3.8, 4) is 0 Å². The number of nitrogen functional groups attached to an aromatic ring is 1. The van der Waals surface area contributed by atoms with Gasteiger partial charge in [0.15, 0.2) is 0 Å². The Hall–Kier alpha value is -1.20. The standard InChI is InChI=1S/C13H20N4S/c1-3-17(4-2)5-6-18-13-8-12-10(7-11(13)14)9-15-16-12/h7-9H,3-6,14H2,1-2H3,(H,15,16). The molecule has 1 aromatic carbocycles. The predicted molar refractivity (Wildman–Crippen MR) is 79.0 cm³/mol. The number of hydrogen-bond acceptors (Lipinski definition) is 4. The first kappa shape index (κ1) is 13.2. The number of nitrogens with zero attached hydrogens (tertiary/aromatic N) is 2. The van der Waals surface area contributed by atoms with Gasteiger partial charge in [0.2, 0.25) is 0 Å². The van der Waals surface area contributed by atoms with Crippen molar-refractivity contribution in [2.45, 2.75) is 18.7 Å². The molecule has 3 N–H and O–H groups in total. The zero-order valence-corrected chi connectivity index (χ0v) is 11.8. The lowest BCUT2D eigenvalue weighted by molar-refractivity contribution is 0.324. The topological polar surface area (TPSA) is 57.9 Å². The third-order valence-corrected chi connectivity index (χ3v) is 4.18. The van der Waals surface area contributed by atoms with Crippen molar-refractivity contribution in [1.29, 1.82) is 0 Å². The Morgan fingerprint density at radius 2 is 2.11 bits per heavy atom. The summed E-state index contributed by atoms with van der Waals surface area (Å²) in [6.45, 7) is 7.69. The Kier molecular flexibility index (Phi) is 4.49. The zero-order chi connectivity index (χ0) is 13.0. The summed E-state index contributed by atoms with van der Waals surface area (Å²) in [7, 11) is 0. The molecule has 0 radical (unpaired) electrons. The van der Waals surface area contributed by atoms with Crippen LogP contribution in [-0.4, -0.2) is 40.5 Å². The fraction of sp³-hybridized carbons (Fsp3) is 0.462. The van der Waals surface area contributed by atoms with E-state index in [0.29, 0.717) is 0 Å². The van der Waals surface area contributed by atoms with Gasteiger partial charge >= 0.3 is 0 Å². The van der Waals surface area contributed by atoms with Crippen molar-refractivity contribution in [3.05, 3.63) is 18.3 Å². The van der Waals surface area contributed by atoms with Gasteiger partial charge in [-0.05, 0) is 25.2 Å². The van der Waals surface area contributed by atoms with E-state index in [1.54, 1.807) is 6.20 Å². The second-order valence-corrected chi connectivity index (χ2v) is 5.36. The molecule has 0 atom stereocenters. The second-order valence-electron chi connectivity index (χ2n) is 4.22. The van der Waals surface area contributed by atoms with Gasteiger partial charge in [-0.15, -0.1) is 11.8 Å². The number of hydrogen-bond donors (Lipinski definition) is 2. The molecule has 1 aromatic heterocycles. The summed E-state index contributed by atoms with van der Waals surface area (Å²) in [5, 5.41) is 8.07. The molecule has 0 amide bonds. The molecule has 0 saturated heterocycles. The summed E-state index contributed by atoms with van der Waals surface area (Å²) in [6, 6.07) is 4.07. The van der Waals surface area contributed by atoms with E-state index in [1.165, 1.54) is 0 Å².